The van der Waals surface area contributed by atoms with Gasteiger partial charge in [0.15, 0.2) is 11.9 Å². The van der Waals surface area contributed by atoms with Crippen LogP contribution in [0.5, 0.6) is 0 Å². The van der Waals surface area contributed by atoms with E-state index in [1.54, 1.807) is 25.3 Å². The molecule has 9 atom stereocenters. The first kappa shape index (κ1) is 26.9. The Morgan fingerprint density at radius 1 is 1.15 bits per heavy atom. The van der Waals surface area contributed by atoms with E-state index < -0.39 is 69.7 Å². The van der Waals surface area contributed by atoms with Crippen molar-refractivity contribution >= 4 is 36.6 Å². The first-order chi connectivity index (χ1) is 18.7. The molecule has 12 heteroatoms. The van der Waals surface area contributed by atoms with Crippen molar-refractivity contribution in [1.29, 1.82) is 0 Å². The van der Waals surface area contributed by atoms with Crippen LogP contribution in [0, 0.1) is 16.7 Å². The molecule has 0 aromatic carbocycles. The smallest absolute Gasteiger partial charge is 0.451 e. The Kier molecular flexibility index (Phi) is 4.91. The second-order valence-corrected chi connectivity index (χ2v) is 17.0. The third-order valence-corrected chi connectivity index (χ3v) is 16.1. The molecule has 5 heterocycles. The number of ether oxygens (including phenoxy) is 2. The zero-order chi connectivity index (χ0) is 28.4. The van der Waals surface area contributed by atoms with E-state index in [0.717, 1.165) is 17.9 Å². The number of hydrogen-bond acceptors (Lipinski definition) is 10. The molecule has 1 aromatic rings. The summed E-state index contributed by atoms with van der Waals surface area (Å²) in [6.45, 7) is 9.36. The molecule has 1 aromatic heterocycles. The lowest BCUT2D eigenvalue weighted by molar-refractivity contribution is -0.382. The molecule has 8 fully saturated rings. The zero-order valence-corrected chi connectivity index (χ0v) is 25.2. The van der Waals surface area contributed by atoms with E-state index in [-0.39, 0.29) is 16.2 Å². The number of esters is 1. The molecule has 4 aliphatic heterocycles. The second-order valence-electron chi connectivity index (χ2n) is 13.8. The Morgan fingerprint density at radius 2 is 1.88 bits per heavy atom. The Balaban J connectivity index is 1.45. The minimum Gasteiger partial charge on any atom is -0.451 e. The van der Waals surface area contributed by atoms with Gasteiger partial charge >= 0.3 is 13.1 Å². The molecule has 8 aliphatic rings. The van der Waals surface area contributed by atoms with Gasteiger partial charge in [-0.2, -0.15) is 0 Å². The molecule has 4 saturated heterocycles. The number of H-pyrrole nitrogens is 1. The summed E-state index contributed by atoms with van der Waals surface area (Å²) < 4.78 is 27.1. The van der Waals surface area contributed by atoms with Crippen molar-refractivity contribution < 1.29 is 38.9 Å². The van der Waals surface area contributed by atoms with E-state index in [2.05, 4.69) is 4.98 Å². The first-order valence-corrected chi connectivity index (χ1v) is 16.6. The van der Waals surface area contributed by atoms with Crippen molar-refractivity contribution in [3.8, 4) is 0 Å². The molecular weight excluding hydrogens is 553 g/mol. The average Bonchev–Trinajstić information content (AvgIpc) is 3.64. The minimum absolute atomic E-state index is 0.0792. The van der Waals surface area contributed by atoms with Gasteiger partial charge in [0.05, 0.1) is 15.1 Å². The van der Waals surface area contributed by atoms with Crippen LogP contribution in [0.15, 0.2) is 18.3 Å². The SMILES string of the molecule is CCB1O[C@]23CCC4(C[C@@]25O[C@@]2(O)C[C@]3(C)[C@]3(O1)[C@H](OC(=O)c1ccc[nH]1)[C@](O)(C(C)C)[C@]2(C)[C@]53O)SCCS4. The van der Waals surface area contributed by atoms with Crippen molar-refractivity contribution in [2.24, 2.45) is 16.7 Å². The molecule has 4 aliphatic carbocycles. The zero-order valence-electron chi connectivity index (χ0n) is 23.6. The lowest BCUT2D eigenvalue weighted by Crippen LogP contribution is -2.77. The summed E-state index contributed by atoms with van der Waals surface area (Å²) in [5, 5.41) is 39.4. The summed E-state index contributed by atoms with van der Waals surface area (Å²) in [5.74, 6) is -1.10. The summed E-state index contributed by atoms with van der Waals surface area (Å²) in [6, 6.07) is 3.33. The fraction of sp³-hybridized carbons (Fsp3) is 0.821. The number of carbonyl (C=O) groups excluding carboxylic acids is 1. The molecule has 4 spiro atoms. The number of carbonyl (C=O) groups is 1. The molecule has 9 nitrogen and oxygen atoms in total. The number of rotatable bonds is 4. The van der Waals surface area contributed by atoms with Crippen LogP contribution < -0.4 is 0 Å². The topological polar surface area (TPSA) is 130 Å². The van der Waals surface area contributed by atoms with Crippen LogP contribution in [0.3, 0.4) is 0 Å². The maximum atomic E-state index is 13.8. The van der Waals surface area contributed by atoms with E-state index in [9.17, 15) is 20.1 Å². The summed E-state index contributed by atoms with van der Waals surface area (Å²) in [6.07, 6.45) is 2.82. The van der Waals surface area contributed by atoms with Crippen molar-refractivity contribution in [2.45, 2.75) is 111 Å². The number of nitrogens with one attached hydrogen (secondary N) is 1. The van der Waals surface area contributed by atoms with Crippen LogP contribution >= 0.6 is 23.5 Å². The number of thioether (sulfide) groups is 2. The van der Waals surface area contributed by atoms with Gasteiger partial charge < -0.3 is 39.1 Å². The van der Waals surface area contributed by atoms with Gasteiger partial charge in [-0.25, -0.2) is 4.79 Å². The van der Waals surface area contributed by atoms with Gasteiger partial charge in [-0.1, -0.05) is 27.7 Å². The lowest BCUT2D eigenvalue weighted by Gasteiger charge is -2.66. The Morgan fingerprint density at radius 3 is 2.50 bits per heavy atom. The first-order valence-electron chi connectivity index (χ1n) is 14.6. The fourth-order valence-electron chi connectivity index (χ4n) is 11.2. The third-order valence-electron chi connectivity index (χ3n) is 12.6. The van der Waals surface area contributed by atoms with Gasteiger partial charge in [0.1, 0.15) is 28.1 Å². The van der Waals surface area contributed by atoms with Gasteiger partial charge in [-0.15, -0.1) is 23.5 Å². The van der Waals surface area contributed by atoms with Gasteiger partial charge in [-0.05, 0) is 44.1 Å². The van der Waals surface area contributed by atoms with Gasteiger partial charge in [-0.3, -0.25) is 0 Å². The molecule has 4 N–H and O–H groups in total. The van der Waals surface area contributed by atoms with E-state index in [1.807, 2.05) is 51.2 Å². The second kappa shape index (κ2) is 7.31. The van der Waals surface area contributed by atoms with Gasteiger partial charge in [0.25, 0.3) is 0 Å². The van der Waals surface area contributed by atoms with E-state index in [1.165, 1.54) is 0 Å². The number of hydrogen-bond donors (Lipinski definition) is 4. The highest BCUT2D eigenvalue weighted by atomic mass is 32.2. The summed E-state index contributed by atoms with van der Waals surface area (Å²) >= 11 is 3.77. The van der Waals surface area contributed by atoms with Crippen LogP contribution in [0.25, 0.3) is 0 Å². The standard InChI is InChI=1S/C28H38BNO8S2/c1-6-29-37-23-10-9-22(39-12-13-40-22)15-24(23)28(34)21(5)25(32,36-24)14-20(23,4)27(28,38-29)19(26(21,33)16(2)3)35-18(31)17-8-7-11-30-17/h7-8,11,16,19,30,32-34H,6,9-10,12-15H2,1-5H3/t19-,20+,21-,23+,24-,25+,26-,27-,28+/m1/s1. The van der Waals surface area contributed by atoms with E-state index in [0.29, 0.717) is 19.2 Å². The molecule has 40 heavy (non-hydrogen) atoms. The molecule has 7 bridgehead atoms. The van der Waals surface area contributed by atoms with Crippen LogP contribution in [0.2, 0.25) is 6.32 Å². The van der Waals surface area contributed by atoms with E-state index >= 15 is 0 Å². The predicted octanol–water partition coefficient (Wildman–Crippen LogP) is 2.95. The quantitative estimate of drug-likeness (QED) is 0.306. The Labute approximate surface area is 242 Å². The molecular formula is C28H38BNO8S2. The highest BCUT2D eigenvalue weighted by Gasteiger charge is 3.11. The minimum atomic E-state index is -1.94. The van der Waals surface area contributed by atoms with Crippen LogP contribution in [-0.2, 0) is 18.8 Å². The van der Waals surface area contributed by atoms with Crippen molar-refractivity contribution in [3.63, 3.8) is 0 Å². The third kappa shape index (κ3) is 2.17. The lowest BCUT2D eigenvalue weighted by atomic mass is 9.51. The van der Waals surface area contributed by atoms with Crippen molar-refractivity contribution in [2.75, 3.05) is 11.5 Å². The maximum absolute atomic E-state index is 13.8. The van der Waals surface area contributed by atoms with Gasteiger partial charge in [0.2, 0.25) is 0 Å². The highest BCUT2D eigenvalue weighted by Crippen LogP contribution is 2.93. The highest BCUT2D eigenvalue weighted by molar-refractivity contribution is 8.21. The Hall–Kier alpha value is -0.725. The summed E-state index contributed by atoms with van der Waals surface area (Å²) in [5.41, 5.74) is -10.3. The predicted molar refractivity (Wildman–Crippen MR) is 150 cm³/mol. The van der Waals surface area contributed by atoms with Crippen LogP contribution in [0.4, 0.5) is 0 Å². The molecule has 0 amide bonds. The largest absolute Gasteiger partial charge is 0.457 e. The number of aliphatic hydroxyl groups is 3. The van der Waals surface area contributed by atoms with E-state index in [4.69, 9.17) is 18.8 Å². The van der Waals surface area contributed by atoms with Crippen LogP contribution in [-0.4, -0.2) is 88.9 Å². The Bertz CT molecular complexity index is 1310. The fourth-order valence-corrected chi connectivity index (χ4v) is 14.5. The van der Waals surface area contributed by atoms with Gasteiger partial charge in [0, 0.05) is 36.0 Å². The summed E-state index contributed by atoms with van der Waals surface area (Å²) in [7, 11) is -0.710. The maximum Gasteiger partial charge on any atom is 0.457 e. The molecule has 0 radical (unpaired) electrons. The summed E-state index contributed by atoms with van der Waals surface area (Å²) in [4.78, 5) is 16.6. The number of aromatic amines is 1. The monoisotopic (exact) mass is 591 g/mol. The van der Waals surface area contributed by atoms with Crippen molar-refractivity contribution in [1.82, 2.24) is 4.98 Å². The van der Waals surface area contributed by atoms with Crippen molar-refractivity contribution in [3.05, 3.63) is 24.0 Å². The molecule has 4 saturated carbocycles. The molecule has 218 valence electrons. The number of aromatic nitrogens is 1. The normalized spacial score (nSPS) is 54.5. The average molecular weight is 592 g/mol. The molecule has 9 rings (SSSR count). The van der Waals surface area contributed by atoms with Crippen LogP contribution in [0.1, 0.15) is 70.8 Å². The molecule has 0 unspecified atom stereocenters.